The van der Waals surface area contributed by atoms with Crippen LogP contribution >= 0.6 is 0 Å². The predicted molar refractivity (Wildman–Crippen MR) is 106 cm³/mol. The summed E-state index contributed by atoms with van der Waals surface area (Å²) >= 11 is 0. The monoisotopic (exact) mass is 342 g/mol. The van der Waals surface area contributed by atoms with Crippen molar-refractivity contribution < 1.29 is 4.42 Å². The van der Waals surface area contributed by atoms with E-state index in [-0.39, 0.29) is 0 Å². The summed E-state index contributed by atoms with van der Waals surface area (Å²) < 4.78 is 5.78. The van der Waals surface area contributed by atoms with E-state index in [9.17, 15) is 0 Å². The molecule has 0 amide bonds. The lowest BCUT2D eigenvalue weighted by molar-refractivity contribution is 0.327. The number of hydrogen-bond acceptors (Lipinski definition) is 3. The number of hydrogen-bond donors (Lipinski definition) is 0. The summed E-state index contributed by atoms with van der Waals surface area (Å²) in [6, 6.07) is 25.1. The van der Waals surface area contributed by atoms with E-state index in [1.54, 1.807) is 6.26 Å². The number of aromatic nitrogens is 1. The SMILES string of the molecule is CN(CCc1ccccc1)Cc1coc(-c2cccc3ccccc23)n1. The fourth-order valence-corrected chi connectivity index (χ4v) is 3.24. The van der Waals surface area contributed by atoms with Crippen molar-refractivity contribution in [1.82, 2.24) is 9.88 Å². The Labute approximate surface area is 153 Å². The summed E-state index contributed by atoms with van der Waals surface area (Å²) in [7, 11) is 2.12. The third kappa shape index (κ3) is 3.68. The molecule has 0 saturated carbocycles. The fourth-order valence-electron chi connectivity index (χ4n) is 3.24. The minimum absolute atomic E-state index is 0.688. The number of likely N-dealkylation sites (N-methyl/N-ethyl adjacent to an activating group) is 1. The lowest BCUT2D eigenvalue weighted by Crippen LogP contribution is -2.20. The van der Waals surface area contributed by atoms with Gasteiger partial charge in [-0.25, -0.2) is 4.98 Å². The van der Waals surface area contributed by atoms with Crippen molar-refractivity contribution in [2.24, 2.45) is 0 Å². The van der Waals surface area contributed by atoms with Crippen molar-refractivity contribution in [3.8, 4) is 11.5 Å². The highest BCUT2D eigenvalue weighted by Crippen LogP contribution is 2.28. The van der Waals surface area contributed by atoms with Crippen LogP contribution < -0.4 is 0 Å². The highest BCUT2D eigenvalue weighted by molar-refractivity contribution is 5.94. The Kier molecular flexibility index (Phi) is 4.80. The topological polar surface area (TPSA) is 29.3 Å². The van der Waals surface area contributed by atoms with Crippen LogP contribution in [0.4, 0.5) is 0 Å². The molecule has 3 heteroatoms. The zero-order chi connectivity index (χ0) is 17.8. The molecular weight excluding hydrogens is 320 g/mol. The molecule has 1 aromatic heterocycles. The average Bonchev–Trinajstić information content (AvgIpc) is 3.15. The molecule has 4 aromatic rings. The number of rotatable bonds is 6. The molecule has 0 spiro atoms. The number of benzene rings is 3. The molecule has 3 aromatic carbocycles. The van der Waals surface area contributed by atoms with Gasteiger partial charge in [0.05, 0.1) is 5.69 Å². The van der Waals surface area contributed by atoms with Gasteiger partial charge in [-0.3, -0.25) is 0 Å². The van der Waals surface area contributed by atoms with Gasteiger partial charge in [0.1, 0.15) is 6.26 Å². The summed E-state index contributed by atoms with van der Waals surface area (Å²) in [5, 5.41) is 2.37. The first-order valence-corrected chi connectivity index (χ1v) is 8.94. The quantitative estimate of drug-likeness (QED) is 0.484. The van der Waals surface area contributed by atoms with Crippen LogP contribution in [0.3, 0.4) is 0 Å². The Morgan fingerprint density at radius 3 is 2.54 bits per heavy atom. The molecule has 0 aliphatic heterocycles. The molecular formula is C23H22N2O. The molecule has 0 N–H and O–H groups in total. The third-order valence-corrected chi connectivity index (χ3v) is 4.63. The van der Waals surface area contributed by atoms with Crippen LogP contribution in [0, 0.1) is 0 Å². The number of fused-ring (bicyclic) bond motifs is 1. The van der Waals surface area contributed by atoms with E-state index in [1.165, 1.54) is 16.3 Å². The van der Waals surface area contributed by atoms with Gasteiger partial charge < -0.3 is 9.32 Å². The van der Waals surface area contributed by atoms with Gasteiger partial charge in [-0.15, -0.1) is 0 Å². The Hall–Kier alpha value is -2.91. The summed E-state index contributed by atoms with van der Waals surface area (Å²) in [5.74, 6) is 0.688. The van der Waals surface area contributed by atoms with Crippen LogP contribution in [0.5, 0.6) is 0 Å². The van der Waals surface area contributed by atoms with Crippen molar-refractivity contribution >= 4 is 10.8 Å². The normalized spacial score (nSPS) is 11.3. The summed E-state index contributed by atoms with van der Waals surface area (Å²) in [4.78, 5) is 6.99. The minimum atomic E-state index is 0.688. The van der Waals surface area contributed by atoms with Crippen molar-refractivity contribution in [1.29, 1.82) is 0 Å². The lowest BCUT2D eigenvalue weighted by atomic mass is 10.0. The van der Waals surface area contributed by atoms with Gasteiger partial charge in [-0.2, -0.15) is 0 Å². The second kappa shape index (κ2) is 7.54. The molecule has 4 rings (SSSR count). The maximum atomic E-state index is 5.78. The molecule has 0 bridgehead atoms. The van der Waals surface area contributed by atoms with Crippen molar-refractivity contribution in [3.63, 3.8) is 0 Å². The largest absolute Gasteiger partial charge is 0.444 e. The molecule has 0 aliphatic carbocycles. The maximum absolute atomic E-state index is 5.78. The first kappa shape index (κ1) is 16.6. The zero-order valence-electron chi connectivity index (χ0n) is 14.9. The highest BCUT2D eigenvalue weighted by Gasteiger charge is 2.11. The van der Waals surface area contributed by atoms with E-state index in [1.807, 2.05) is 12.1 Å². The Morgan fingerprint density at radius 1 is 0.885 bits per heavy atom. The second-order valence-electron chi connectivity index (χ2n) is 6.64. The predicted octanol–water partition coefficient (Wildman–Crippen LogP) is 5.17. The third-order valence-electron chi connectivity index (χ3n) is 4.63. The Balaban J connectivity index is 1.46. The molecule has 0 aliphatic rings. The average molecular weight is 342 g/mol. The Bertz CT molecular complexity index is 986. The molecule has 0 fully saturated rings. The van der Waals surface area contributed by atoms with E-state index in [4.69, 9.17) is 9.40 Å². The maximum Gasteiger partial charge on any atom is 0.226 e. The van der Waals surface area contributed by atoms with Gasteiger partial charge in [0.25, 0.3) is 0 Å². The number of oxazole rings is 1. The van der Waals surface area contributed by atoms with Crippen molar-refractivity contribution in [3.05, 3.63) is 90.3 Å². The van der Waals surface area contributed by atoms with Crippen molar-refractivity contribution in [2.45, 2.75) is 13.0 Å². The van der Waals surface area contributed by atoms with Crippen molar-refractivity contribution in [2.75, 3.05) is 13.6 Å². The second-order valence-corrected chi connectivity index (χ2v) is 6.64. The molecule has 0 saturated heterocycles. The smallest absolute Gasteiger partial charge is 0.226 e. The standard InChI is InChI=1S/C23H22N2O/c1-25(15-14-18-8-3-2-4-9-18)16-20-17-26-23(24-20)22-13-7-11-19-10-5-6-12-21(19)22/h2-13,17H,14-16H2,1H3. The van der Waals surface area contributed by atoms with Gasteiger partial charge in [-0.05, 0) is 35.9 Å². The van der Waals surface area contributed by atoms with Gasteiger partial charge in [-0.1, -0.05) is 66.7 Å². The van der Waals surface area contributed by atoms with E-state index >= 15 is 0 Å². The van der Waals surface area contributed by atoms with Gasteiger partial charge in [0, 0.05) is 18.7 Å². The van der Waals surface area contributed by atoms with Crippen LogP contribution in [-0.2, 0) is 13.0 Å². The molecule has 3 nitrogen and oxygen atoms in total. The minimum Gasteiger partial charge on any atom is -0.444 e. The summed E-state index contributed by atoms with van der Waals surface area (Å²) in [6.07, 6.45) is 2.81. The van der Waals surface area contributed by atoms with Crippen LogP contribution in [0.2, 0.25) is 0 Å². The highest BCUT2D eigenvalue weighted by atomic mass is 16.3. The molecule has 0 atom stereocenters. The first-order chi connectivity index (χ1) is 12.8. The van der Waals surface area contributed by atoms with Crippen LogP contribution in [0.15, 0.2) is 83.5 Å². The molecule has 1 heterocycles. The molecule has 130 valence electrons. The molecule has 0 radical (unpaired) electrons. The van der Waals surface area contributed by atoms with E-state index < -0.39 is 0 Å². The van der Waals surface area contributed by atoms with Crippen LogP contribution in [-0.4, -0.2) is 23.5 Å². The van der Waals surface area contributed by atoms with Gasteiger partial charge in [0.2, 0.25) is 5.89 Å². The van der Waals surface area contributed by atoms with Gasteiger partial charge >= 0.3 is 0 Å². The number of nitrogens with zero attached hydrogens (tertiary/aromatic N) is 2. The van der Waals surface area contributed by atoms with E-state index in [0.29, 0.717) is 5.89 Å². The molecule has 26 heavy (non-hydrogen) atoms. The summed E-state index contributed by atoms with van der Waals surface area (Å²) in [5.41, 5.74) is 3.36. The Morgan fingerprint density at radius 2 is 1.65 bits per heavy atom. The lowest BCUT2D eigenvalue weighted by Gasteiger charge is -2.14. The van der Waals surface area contributed by atoms with Crippen LogP contribution in [0.1, 0.15) is 11.3 Å². The molecule has 0 unspecified atom stereocenters. The first-order valence-electron chi connectivity index (χ1n) is 8.94. The van der Waals surface area contributed by atoms with E-state index in [0.717, 1.165) is 30.8 Å². The zero-order valence-corrected chi connectivity index (χ0v) is 14.9. The fraction of sp³-hybridized carbons (Fsp3) is 0.174. The van der Waals surface area contributed by atoms with Gasteiger partial charge in [0.15, 0.2) is 0 Å². The van der Waals surface area contributed by atoms with Crippen LogP contribution in [0.25, 0.3) is 22.2 Å². The summed E-state index contributed by atoms with van der Waals surface area (Å²) in [6.45, 7) is 1.77. The van der Waals surface area contributed by atoms with E-state index in [2.05, 4.69) is 72.6 Å².